The average Bonchev–Trinajstić information content (AvgIpc) is 2.90. The Labute approximate surface area is 102 Å². The van der Waals surface area contributed by atoms with Gasteiger partial charge < -0.3 is 19.5 Å². The Hall–Kier alpha value is -1.42. The van der Waals surface area contributed by atoms with E-state index in [9.17, 15) is 0 Å². The summed E-state index contributed by atoms with van der Waals surface area (Å²) < 4.78 is 16.1. The lowest BCUT2D eigenvalue weighted by Crippen LogP contribution is -2.15. The number of rotatable bonds is 4. The summed E-state index contributed by atoms with van der Waals surface area (Å²) in [6.07, 6.45) is 2.29. The first-order chi connectivity index (χ1) is 8.30. The Morgan fingerprint density at radius 2 is 1.71 bits per heavy atom. The minimum atomic E-state index is 0.311. The standard InChI is InChI=1S/C13H19NO3/c1-15-9-7-11(16-2)13(12(8-9)17-3)10-5-4-6-14-10/h7-8,10,14H,4-6H2,1-3H3/t10-/m1/s1. The van der Waals surface area contributed by atoms with Gasteiger partial charge in [-0.1, -0.05) is 0 Å². The quantitative estimate of drug-likeness (QED) is 0.871. The van der Waals surface area contributed by atoms with Gasteiger partial charge in [0.1, 0.15) is 17.2 Å². The Kier molecular flexibility index (Phi) is 3.74. The number of methoxy groups -OCH3 is 3. The first-order valence-electron chi connectivity index (χ1n) is 5.83. The normalized spacial score (nSPS) is 19.1. The van der Waals surface area contributed by atoms with Crippen molar-refractivity contribution in [2.24, 2.45) is 0 Å². The molecular formula is C13H19NO3. The summed E-state index contributed by atoms with van der Waals surface area (Å²) in [6.45, 7) is 1.04. The van der Waals surface area contributed by atoms with Crippen molar-refractivity contribution in [3.05, 3.63) is 17.7 Å². The fraction of sp³-hybridized carbons (Fsp3) is 0.538. The lowest BCUT2D eigenvalue weighted by Gasteiger charge is -2.19. The third kappa shape index (κ3) is 2.31. The van der Waals surface area contributed by atoms with Gasteiger partial charge in [-0.25, -0.2) is 0 Å². The average molecular weight is 237 g/mol. The van der Waals surface area contributed by atoms with Crippen LogP contribution in [0.5, 0.6) is 17.2 Å². The van der Waals surface area contributed by atoms with Gasteiger partial charge in [-0.3, -0.25) is 0 Å². The molecule has 0 radical (unpaired) electrons. The van der Waals surface area contributed by atoms with E-state index in [0.29, 0.717) is 6.04 Å². The van der Waals surface area contributed by atoms with E-state index in [1.807, 2.05) is 12.1 Å². The number of benzene rings is 1. The predicted molar refractivity (Wildman–Crippen MR) is 66.1 cm³/mol. The largest absolute Gasteiger partial charge is 0.496 e. The zero-order valence-corrected chi connectivity index (χ0v) is 10.6. The molecule has 1 fully saturated rings. The molecule has 1 aliphatic heterocycles. The number of hydrogen-bond donors (Lipinski definition) is 1. The minimum Gasteiger partial charge on any atom is -0.496 e. The molecule has 0 bridgehead atoms. The zero-order valence-electron chi connectivity index (χ0n) is 10.6. The van der Waals surface area contributed by atoms with Crippen LogP contribution < -0.4 is 19.5 Å². The van der Waals surface area contributed by atoms with Crippen molar-refractivity contribution in [1.29, 1.82) is 0 Å². The molecule has 4 nitrogen and oxygen atoms in total. The maximum Gasteiger partial charge on any atom is 0.131 e. The van der Waals surface area contributed by atoms with Crippen molar-refractivity contribution in [2.45, 2.75) is 18.9 Å². The molecule has 0 aliphatic carbocycles. The van der Waals surface area contributed by atoms with Gasteiger partial charge in [0.05, 0.1) is 26.9 Å². The van der Waals surface area contributed by atoms with Crippen LogP contribution in [0.3, 0.4) is 0 Å². The summed E-state index contributed by atoms with van der Waals surface area (Å²) in [5.41, 5.74) is 1.09. The van der Waals surface area contributed by atoms with Crippen LogP contribution in [-0.4, -0.2) is 27.9 Å². The van der Waals surface area contributed by atoms with Crippen molar-refractivity contribution < 1.29 is 14.2 Å². The SMILES string of the molecule is COc1cc(OC)c([C@H]2CCCN2)c(OC)c1. The van der Waals surface area contributed by atoms with Crippen LogP contribution in [0.25, 0.3) is 0 Å². The number of hydrogen-bond acceptors (Lipinski definition) is 4. The molecule has 1 saturated heterocycles. The maximum absolute atomic E-state index is 5.44. The Morgan fingerprint density at radius 3 is 2.12 bits per heavy atom. The van der Waals surface area contributed by atoms with E-state index >= 15 is 0 Å². The predicted octanol–water partition coefficient (Wildman–Crippen LogP) is 2.14. The molecule has 1 heterocycles. The zero-order chi connectivity index (χ0) is 12.3. The van der Waals surface area contributed by atoms with E-state index in [2.05, 4.69) is 5.32 Å². The van der Waals surface area contributed by atoms with Gasteiger partial charge in [-0.05, 0) is 19.4 Å². The van der Waals surface area contributed by atoms with Crippen molar-refractivity contribution in [3.63, 3.8) is 0 Å². The molecule has 2 rings (SSSR count). The van der Waals surface area contributed by atoms with Gasteiger partial charge >= 0.3 is 0 Å². The molecule has 0 spiro atoms. The van der Waals surface area contributed by atoms with E-state index in [1.165, 1.54) is 6.42 Å². The topological polar surface area (TPSA) is 39.7 Å². The monoisotopic (exact) mass is 237 g/mol. The molecule has 0 aromatic heterocycles. The van der Waals surface area contributed by atoms with Gasteiger partial charge in [0.25, 0.3) is 0 Å². The maximum atomic E-state index is 5.44. The van der Waals surface area contributed by atoms with Gasteiger partial charge in [-0.2, -0.15) is 0 Å². The second kappa shape index (κ2) is 5.27. The van der Waals surface area contributed by atoms with E-state index in [4.69, 9.17) is 14.2 Å². The van der Waals surface area contributed by atoms with Gasteiger partial charge in [-0.15, -0.1) is 0 Å². The van der Waals surface area contributed by atoms with Crippen molar-refractivity contribution in [1.82, 2.24) is 5.32 Å². The first-order valence-corrected chi connectivity index (χ1v) is 5.83. The molecule has 1 aliphatic rings. The molecule has 0 amide bonds. The Morgan fingerprint density at radius 1 is 1.06 bits per heavy atom. The minimum absolute atomic E-state index is 0.311. The summed E-state index contributed by atoms with van der Waals surface area (Å²) in [5, 5.41) is 3.46. The first kappa shape index (κ1) is 12.0. The third-order valence-corrected chi connectivity index (χ3v) is 3.16. The van der Waals surface area contributed by atoms with E-state index < -0.39 is 0 Å². The van der Waals surface area contributed by atoms with E-state index in [1.54, 1.807) is 21.3 Å². The molecule has 1 aromatic rings. The molecule has 1 aromatic carbocycles. The van der Waals surface area contributed by atoms with Crippen LogP contribution in [0, 0.1) is 0 Å². The molecule has 4 heteroatoms. The van der Waals surface area contributed by atoms with Crippen molar-refractivity contribution in [2.75, 3.05) is 27.9 Å². The molecule has 1 N–H and O–H groups in total. The van der Waals surface area contributed by atoms with Gasteiger partial charge in [0.2, 0.25) is 0 Å². The highest BCUT2D eigenvalue weighted by Crippen LogP contribution is 2.40. The fourth-order valence-electron chi connectivity index (χ4n) is 2.31. The highest BCUT2D eigenvalue weighted by Gasteiger charge is 2.24. The highest BCUT2D eigenvalue weighted by molar-refractivity contribution is 5.52. The lowest BCUT2D eigenvalue weighted by atomic mass is 10.0. The molecule has 0 saturated carbocycles. The summed E-state index contributed by atoms with van der Waals surface area (Å²) in [6, 6.07) is 4.11. The second-order valence-electron chi connectivity index (χ2n) is 4.09. The number of ether oxygens (including phenoxy) is 3. The van der Waals surface area contributed by atoms with Crippen molar-refractivity contribution in [3.8, 4) is 17.2 Å². The van der Waals surface area contributed by atoms with Crippen LogP contribution in [0.2, 0.25) is 0 Å². The van der Waals surface area contributed by atoms with Crippen LogP contribution in [0.15, 0.2) is 12.1 Å². The summed E-state index contributed by atoms with van der Waals surface area (Å²) in [7, 11) is 4.99. The van der Waals surface area contributed by atoms with Crippen LogP contribution in [0.4, 0.5) is 0 Å². The van der Waals surface area contributed by atoms with Gasteiger partial charge in [0.15, 0.2) is 0 Å². The Bertz CT molecular complexity index is 361. The van der Waals surface area contributed by atoms with E-state index in [0.717, 1.165) is 35.8 Å². The molecule has 0 unspecified atom stereocenters. The van der Waals surface area contributed by atoms with Gasteiger partial charge in [0, 0.05) is 18.2 Å². The van der Waals surface area contributed by atoms with Crippen LogP contribution >= 0.6 is 0 Å². The summed E-state index contributed by atoms with van der Waals surface area (Å²) in [4.78, 5) is 0. The summed E-state index contributed by atoms with van der Waals surface area (Å²) in [5.74, 6) is 2.39. The lowest BCUT2D eigenvalue weighted by molar-refractivity contribution is 0.361. The third-order valence-electron chi connectivity index (χ3n) is 3.16. The van der Waals surface area contributed by atoms with E-state index in [-0.39, 0.29) is 0 Å². The van der Waals surface area contributed by atoms with Crippen molar-refractivity contribution >= 4 is 0 Å². The van der Waals surface area contributed by atoms with Crippen LogP contribution in [0.1, 0.15) is 24.4 Å². The Balaban J connectivity index is 2.45. The smallest absolute Gasteiger partial charge is 0.131 e. The summed E-state index contributed by atoms with van der Waals surface area (Å²) >= 11 is 0. The second-order valence-corrected chi connectivity index (χ2v) is 4.09. The fourth-order valence-corrected chi connectivity index (χ4v) is 2.31. The molecular weight excluding hydrogens is 218 g/mol. The molecule has 1 atom stereocenters. The highest BCUT2D eigenvalue weighted by atomic mass is 16.5. The molecule has 94 valence electrons. The molecule has 17 heavy (non-hydrogen) atoms. The number of nitrogens with one attached hydrogen (secondary N) is 1. The van der Waals surface area contributed by atoms with Crippen LogP contribution in [-0.2, 0) is 0 Å².